The quantitative estimate of drug-likeness (QED) is 0.769. The van der Waals surface area contributed by atoms with Crippen LogP contribution in [0.15, 0.2) is 22.7 Å². The minimum Gasteiger partial charge on any atom is -0.382 e. The Hall–Kier alpha value is -1.67. The number of halogens is 2. The molecule has 5 nitrogen and oxygen atoms in total. The predicted molar refractivity (Wildman–Crippen MR) is 85.2 cm³/mol. The highest BCUT2D eigenvalue weighted by Gasteiger charge is 2.24. The average Bonchev–Trinajstić information content (AvgIpc) is 3.16. The Morgan fingerprint density at radius 3 is 2.90 bits per heavy atom. The molecule has 0 bridgehead atoms. The third-order valence-corrected chi connectivity index (χ3v) is 4.55. The molecule has 8 heteroatoms. The van der Waals surface area contributed by atoms with Gasteiger partial charge in [-0.25, -0.2) is 9.37 Å². The molecule has 1 aliphatic carbocycles. The van der Waals surface area contributed by atoms with Gasteiger partial charge in [-0.05, 0) is 47.0 Å². The molecule has 1 saturated carbocycles. The van der Waals surface area contributed by atoms with E-state index in [4.69, 9.17) is 5.73 Å². The summed E-state index contributed by atoms with van der Waals surface area (Å²) in [6.45, 7) is 0. The number of amides is 1. The van der Waals surface area contributed by atoms with Crippen LogP contribution in [-0.4, -0.2) is 16.9 Å². The van der Waals surface area contributed by atoms with Crippen molar-refractivity contribution < 1.29 is 9.18 Å². The molecule has 21 heavy (non-hydrogen) atoms. The van der Waals surface area contributed by atoms with Crippen LogP contribution in [0.4, 0.5) is 21.0 Å². The van der Waals surface area contributed by atoms with E-state index in [1.54, 1.807) is 0 Å². The molecule has 110 valence electrons. The molecule has 1 heterocycles. The van der Waals surface area contributed by atoms with Crippen molar-refractivity contribution in [1.82, 2.24) is 4.98 Å². The van der Waals surface area contributed by atoms with Gasteiger partial charge in [0.1, 0.15) is 16.5 Å². The third kappa shape index (κ3) is 3.33. The molecular formula is C13H12BrFN4OS. The molecule has 0 aliphatic heterocycles. The summed E-state index contributed by atoms with van der Waals surface area (Å²) in [7, 11) is 0. The summed E-state index contributed by atoms with van der Waals surface area (Å²) in [5.74, 6) is -0.546. The van der Waals surface area contributed by atoms with E-state index in [-0.39, 0.29) is 22.0 Å². The second-order valence-corrected chi connectivity index (χ2v) is 6.59. The first kappa shape index (κ1) is 14.3. The minimum atomic E-state index is -0.388. The lowest BCUT2D eigenvalue weighted by Gasteiger charge is -2.04. The average molecular weight is 371 g/mol. The van der Waals surface area contributed by atoms with Gasteiger partial charge in [0, 0.05) is 11.7 Å². The number of anilines is 3. The Morgan fingerprint density at radius 2 is 2.24 bits per heavy atom. The van der Waals surface area contributed by atoms with Crippen molar-refractivity contribution in [1.29, 1.82) is 0 Å². The summed E-state index contributed by atoms with van der Waals surface area (Å²) in [6.07, 6.45) is 2.23. The summed E-state index contributed by atoms with van der Waals surface area (Å²) >= 11 is 4.29. The van der Waals surface area contributed by atoms with Crippen molar-refractivity contribution in [3.63, 3.8) is 0 Å². The second kappa shape index (κ2) is 5.61. The SMILES string of the molecule is Nc1nc(NC2CC2)sc1C(=O)Nc1ccc(F)c(Br)c1. The maximum absolute atomic E-state index is 13.2. The van der Waals surface area contributed by atoms with Crippen LogP contribution in [0, 0.1) is 5.82 Å². The van der Waals surface area contributed by atoms with Gasteiger partial charge in [0.25, 0.3) is 5.91 Å². The van der Waals surface area contributed by atoms with Gasteiger partial charge >= 0.3 is 0 Å². The summed E-state index contributed by atoms with van der Waals surface area (Å²) in [4.78, 5) is 16.7. The van der Waals surface area contributed by atoms with Gasteiger partial charge in [-0.15, -0.1) is 0 Å². The van der Waals surface area contributed by atoms with E-state index in [9.17, 15) is 9.18 Å². The fourth-order valence-corrected chi connectivity index (χ4v) is 2.96. The van der Waals surface area contributed by atoms with Crippen LogP contribution >= 0.6 is 27.3 Å². The number of thiazole rings is 1. The Bertz CT molecular complexity index is 701. The second-order valence-electron chi connectivity index (χ2n) is 4.74. The number of nitrogen functional groups attached to an aromatic ring is 1. The van der Waals surface area contributed by atoms with Gasteiger partial charge in [-0.1, -0.05) is 11.3 Å². The lowest BCUT2D eigenvalue weighted by Crippen LogP contribution is -2.12. The number of nitrogens with two attached hydrogens (primary N) is 1. The van der Waals surface area contributed by atoms with Crippen molar-refractivity contribution in [2.75, 3.05) is 16.4 Å². The molecular weight excluding hydrogens is 359 g/mol. The molecule has 1 fully saturated rings. The topological polar surface area (TPSA) is 80.0 Å². The van der Waals surface area contributed by atoms with Crippen LogP contribution in [0.1, 0.15) is 22.5 Å². The maximum Gasteiger partial charge on any atom is 0.269 e. The number of carbonyl (C=O) groups is 1. The molecule has 1 aliphatic rings. The van der Waals surface area contributed by atoms with Crippen molar-refractivity contribution in [3.05, 3.63) is 33.4 Å². The number of nitrogens with one attached hydrogen (secondary N) is 2. The van der Waals surface area contributed by atoms with Gasteiger partial charge in [0.05, 0.1) is 4.47 Å². The van der Waals surface area contributed by atoms with E-state index in [0.717, 1.165) is 12.8 Å². The van der Waals surface area contributed by atoms with Crippen molar-refractivity contribution >= 4 is 49.8 Å². The van der Waals surface area contributed by atoms with Crippen LogP contribution in [-0.2, 0) is 0 Å². The number of benzene rings is 1. The van der Waals surface area contributed by atoms with Gasteiger partial charge in [-0.3, -0.25) is 4.79 Å². The number of carbonyl (C=O) groups excluding carboxylic acids is 1. The van der Waals surface area contributed by atoms with E-state index in [1.165, 1.54) is 29.5 Å². The van der Waals surface area contributed by atoms with Crippen LogP contribution in [0.5, 0.6) is 0 Å². The number of rotatable bonds is 4. The number of aromatic nitrogens is 1. The minimum absolute atomic E-state index is 0.196. The highest BCUT2D eigenvalue weighted by molar-refractivity contribution is 9.10. The predicted octanol–water partition coefficient (Wildman–Crippen LogP) is 3.45. The summed E-state index contributed by atoms with van der Waals surface area (Å²) in [6, 6.07) is 4.70. The number of hydrogen-bond donors (Lipinski definition) is 3. The lowest BCUT2D eigenvalue weighted by atomic mass is 10.3. The molecule has 0 unspecified atom stereocenters. The maximum atomic E-state index is 13.2. The van der Waals surface area contributed by atoms with Crippen LogP contribution in [0.2, 0.25) is 0 Å². The van der Waals surface area contributed by atoms with Gasteiger partial charge in [-0.2, -0.15) is 0 Å². The van der Waals surface area contributed by atoms with Crippen LogP contribution in [0.25, 0.3) is 0 Å². The molecule has 0 atom stereocenters. The van der Waals surface area contributed by atoms with E-state index in [1.807, 2.05) is 0 Å². The Labute approximate surface area is 132 Å². The summed E-state index contributed by atoms with van der Waals surface area (Å²) in [5.41, 5.74) is 6.26. The molecule has 4 N–H and O–H groups in total. The Balaban J connectivity index is 1.74. The third-order valence-electron chi connectivity index (χ3n) is 2.94. The Morgan fingerprint density at radius 1 is 1.48 bits per heavy atom. The van der Waals surface area contributed by atoms with E-state index >= 15 is 0 Å². The van der Waals surface area contributed by atoms with Crippen molar-refractivity contribution in [2.45, 2.75) is 18.9 Å². The molecule has 2 aromatic rings. The smallest absolute Gasteiger partial charge is 0.269 e. The highest BCUT2D eigenvalue weighted by atomic mass is 79.9. The molecule has 0 saturated heterocycles. The first-order chi connectivity index (χ1) is 10.0. The van der Waals surface area contributed by atoms with E-state index < -0.39 is 0 Å². The first-order valence-corrected chi connectivity index (χ1v) is 7.93. The zero-order chi connectivity index (χ0) is 15.0. The van der Waals surface area contributed by atoms with Crippen molar-refractivity contribution in [3.8, 4) is 0 Å². The number of hydrogen-bond acceptors (Lipinski definition) is 5. The molecule has 0 spiro atoms. The molecule has 1 amide bonds. The van der Waals surface area contributed by atoms with E-state index in [2.05, 4.69) is 31.5 Å². The van der Waals surface area contributed by atoms with Gasteiger partial charge in [0.15, 0.2) is 5.13 Å². The summed E-state index contributed by atoms with van der Waals surface area (Å²) in [5, 5.41) is 6.53. The largest absolute Gasteiger partial charge is 0.382 e. The molecule has 3 rings (SSSR count). The standard InChI is InChI=1S/C13H12BrFN4OS/c14-8-5-7(3-4-9(8)15)17-12(20)10-11(16)19-13(21-10)18-6-1-2-6/h3-6H,1-2,16H2,(H,17,20)(H,18,19). The van der Waals surface area contributed by atoms with Crippen molar-refractivity contribution in [2.24, 2.45) is 0 Å². The zero-order valence-corrected chi connectivity index (χ0v) is 13.2. The summed E-state index contributed by atoms with van der Waals surface area (Å²) < 4.78 is 13.4. The van der Waals surface area contributed by atoms with Gasteiger partial charge < -0.3 is 16.4 Å². The fraction of sp³-hybridized carbons (Fsp3) is 0.231. The Kier molecular flexibility index (Phi) is 3.81. The monoisotopic (exact) mass is 370 g/mol. The fourth-order valence-electron chi connectivity index (χ4n) is 1.72. The lowest BCUT2D eigenvalue weighted by molar-refractivity contribution is 0.103. The first-order valence-electron chi connectivity index (χ1n) is 6.32. The molecule has 1 aromatic heterocycles. The van der Waals surface area contributed by atoms with Gasteiger partial charge in [0.2, 0.25) is 0 Å². The number of nitrogens with zero attached hydrogens (tertiary/aromatic N) is 1. The highest BCUT2D eigenvalue weighted by Crippen LogP contribution is 2.31. The molecule has 0 radical (unpaired) electrons. The molecule has 1 aromatic carbocycles. The zero-order valence-electron chi connectivity index (χ0n) is 10.8. The van der Waals surface area contributed by atoms with E-state index in [0.29, 0.717) is 21.7 Å². The van der Waals surface area contributed by atoms with Crippen LogP contribution in [0.3, 0.4) is 0 Å². The normalized spacial score (nSPS) is 14.0. The van der Waals surface area contributed by atoms with Crippen LogP contribution < -0.4 is 16.4 Å².